The SMILES string of the molecule is CC1(C)OB(B2OC(C)(C)C(C)(C)O2)OC1(C)C.COC(=O)CO.COC(=O)COc1ccc(C)cc1.COC(=O)Cc1ccc(B(O)O)cc1.COC(=O)Cc1ccc(C)cc1.Cc1ccc(C)cc1.[CH2-]C(=O)OC.[CH3-].[Zn+2]. The minimum atomic E-state index is -1.47. The van der Waals surface area contributed by atoms with Crippen molar-refractivity contribution >= 4 is 56.4 Å². The van der Waals surface area contributed by atoms with E-state index >= 15 is 0 Å². The van der Waals surface area contributed by atoms with Crippen LogP contribution in [0.3, 0.4) is 0 Å². The van der Waals surface area contributed by atoms with Crippen molar-refractivity contribution in [3.63, 3.8) is 0 Å². The molecule has 2 fully saturated rings. The average molecular weight is 1140 g/mol. The van der Waals surface area contributed by atoms with E-state index < -0.39 is 39.7 Å². The van der Waals surface area contributed by atoms with E-state index in [0.717, 1.165) is 16.7 Å². The van der Waals surface area contributed by atoms with Crippen molar-refractivity contribution in [3.8, 4) is 5.75 Å². The van der Waals surface area contributed by atoms with Gasteiger partial charge in [-0.15, -0.1) is 0 Å². The van der Waals surface area contributed by atoms with Crippen molar-refractivity contribution in [2.24, 2.45) is 0 Å². The third kappa shape index (κ3) is 30.5. The molecule has 426 valence electrons. The number of aryl methyl sites for hydroxylation is 4. The largest absolute Gasteiger partial charge is 2.00 e. The number of rotatable bonds is 10. The van der Waals surface area contributed by atoms with Crippen LogP contribution >= 0.6 is 0 Å². The minimum absolute atomic E-state index is 0. The molecule has 0 aliphatic carbocycles. The zero-order chi connectivity index (χ0) is 58.5. The van der Waals surface area contributed by atoms with Gasteiger partial charge in [-0.05, 0) is 112 Å². The van der Waals surface area contributed by atoms with Crippen LogP contribution in [0, 0.1) is 42.0 Å². The molecule has 0 spiro atoms. The molecule has 0 bridgehead atoms. The Labute approximate surface area is 477 Å². The monoisotopic (exact) mass is 1140 g/mol. The van der Waals surface area contributed by atoms with Crippen molar-refractivity contribution in [2.45, 2.75) is 118 Å². The van der Waals surface area contributed by atoms with E-state index in [1.807, 2.05) is 118 Å². The molecule has 0 aromatic heterocycles. The van der Waals surface area contributed by atoms with E-state index in [4.69, 9.17) is 38.5 Å². The van der Waals surface area contributed by atoms with Gasteiger partial charge in [0, 0.05) is 0 Å². The Kier molecular flexibility index (Phi) is 37.5. The van der Waals surface area contributed by atoms with Gasteiger partial charge in [-0.1, -0.05) is 107 Å². The van der Waals surface area contributed by atoms with Crippen LogP contribution in [-0.2, 0) is 98.6 Å². The molecule has 0 saturated carbocycles. The zero-order valence-corrected chi connectivity index (χ0v) is 52.1. The summed E-state index contributed by atoms with van der Waals surface area (Å²) in [5, 5.41) is 25.5. The van der Waals surface area contributed by atoms with E-state index in [-0.39, 0.29) is 80.2 Å². The third-order valence-electron chi connectivity index (χ3n) is 11.7. The quantitative estimate of drug-likeness (QED) is 0.0666. The van der Waals surface area contributed by atoms with Gasteiger partial charge in [0.15, 0.2) is 12.6 Å². The predicted octanol–water partition coefficient (Wildman–Crippen LogP) is 6.48. The van der Waals surface area contributed by atoms with E-state index in [1.165, 1.54) is 52.2 Å². The van der Waals surface area contributed by atoms with Crippen molar-refractivity contribution < 1.29 is 106 Å². The fourth-order valence-corrected chi connectivity index (χ4v) is 5.53. The summed E-state index contributed by atoms with van der Waals surface area (Å²) in [6.07, 6.45) is 0.551. The van der Waals surface area contributed by atoms with Crippen LogP contribution in [0.4, 0.5) is 0 Å². The molecule has 0 amide bonds. The van der Waals surface area contributed by atoms with E-state index in [0.29, 0.717) is 17.6 Å². The number of aliphatic hydroxyl groups is 1. The summed E-state index contributed by atoms with van der Waals surface area (Å²) in [6, 6.07) is 30.2. The Morgan fingerprint density at radius 2 is 0.756 bits per heavy atom. The number of methoxy groups -OCH3 is 5. The van der Waals surface area contributed by atoms with Crippen LogP contribution in [0.1, 0.15) is 88.8 Å². The minimum Gasteiger partial charge on any atom is -0.492 e. The Morgan fingerprint density at radius 1 is 0.487 bits per heavy atom. The number of carbonyl (C=O) groups excluding carboxylic acids is 5. The Hall–Kier alpha value is -5.56. The van der Waals surface area contributed by atoms with Gasteiger partial charge in [-0.25, -0.2) is 9.59 Å². The number of benzene rings is 4. The van der Waals surface area contributed by atoms with Crippen LogP contribution in [0.5, 0.6) is 5.75 Å². The maximum absolute atomic E-state index is 10.9. The summed E-state index contributed by atoms with van der Waals surface area (Å²) in [7, 11) is 4.15. The normalized spacial score (nSPS) is 14.1. The predicted molar refractivity (Wildman–Crippen MR) is 299 cm³/mol. The molecule has 2 aliphatic heterocycles. The van der Waals surface area contributed by atoms with E-state index in [2.05, 4.69) is 68.7 Å². The summed E-state index contributed by atoms with van der Waals surface area (Å²) in [6.45, 7) is 26.7. The molecule has 6 rings (SSSR count). The van der Waals surface area contributed by atoms with Gasteiger partial charge in [0.1, 0.15) is 12.4 Å². The van der Waals surface area contributed by atoms with Gasteiger partial charge < -0.3 is 69.6 Å². The topological polar surface area (TPSA) is 238 Å². The van der Waals surface area contributed by atoms with Gasteiger partial charge in [-0.2, -0.15) is 0 Å². The van der Waals surface area contributed by atoms with E-state index in [9.17, 15) is 24.0 Å². The van der Waals surface area contributed by atoms with E-state index in [1.54, 1.807) is 24.3 Å². The number of aliphatic hydroxyl groups excluding tert-OH is 1. The molecule has 2 heterocycles. The molecule has 0 atom stereocenters. The molecule has 4 aromatic rings. The second-order valence-electron chi connectivity index (χ2n) is 19.0. The Bertz CT molecular complexity index is 2230. The summed E-state index contributed by atoms with van der Waals surface area (Å²) < 4.78 is 50.5. The van der Waals surface area contributed by atoms with Crippen LogP contribution < -0.4 is 10.2 Å². The van der Waals surface area contributed by atoms with Crippen molar-refractivity contribution in [1.29, 1.82) is 0 Å². The first kappa shape index (κ1) is 76.7. The van der Waals surface area contributed by atoms with Gasteiger partial charge in [0.05, 0.1) is 70.8 Å². The third-order valence-corrected chi connectivity index (χ3v) is 11.7. The Morgan fingerprint density at radius 3 is 1.00 bits per heavy atom. The van der Waals surface area contributed by atoms with Crippen LogP contribution in [0.15, 0.2) is 97.1 Å². The summed E-state index contributed by atoms with van der Waals surface area (Å²) in [4.78, 5) is 51.6. The van der Waals surface area contributed by atoms with Crippen LogP contribution in [-0.4, -0.2) is 137 Å². The molecule has 18 nitrogen and oxygen atoms in total. The van der Waals surface area contributed by atoms with Gasteiger partial charge in [-0.3, -0.25) is 21.3 Å². The molecule has 2 saturated heterocycles. The molecule has 0 radical (unpaired) electrons. The fraction of sp³-hybridized carbons (Fsp3) is 0.446. The first-order chi connectivity index (χ1) is 35.3. The maximum atomic E-state index is 10.9. The molecule has 4 aromatic carbocycles. The van der Waals surface area contributed by atoms with Gasteiger partial charge in [0.25, 0.3) is 0 Å². The van der Waals surface area contributed by atoms with Crippen LogP contribution in [0.25, 0.3) is 0 Å². The molecule has 2 aliphatic rings. The van der Waals surface area contributed by atoms with Crippen molar-refractivity contribution in [1.82, 2.24) is 0 Å². The fourth-order valence-electron chi connectivity index (χ4n) is 5.53. The summed E-state index contributed by atoms with van der Waals surface area (Å²) in [5.74, 6) is -1.31. The number of hydrogen-bond acceptors (Lipinski definition) is 18. The molecular weight excluding hydrogens is 1060 g/mol. The standard InChI is InChI=1S/C12H24B2O4.C10H12O3.C10H12O2.C9H11BO4.C8H10.C3H6O3.C3H5O2.CH3.Zn/c1-9(2)10(3,4)16-13(15-9)14-17-11(5,6)12(7,8)18-14;1-8-3-5-9(6-4-8)13-7-10(11)12-2;1-8-3-5-9(6-4-8)7-10(11)12-2;1-14-9(11)6-7-2-4-8(5-3-7)10(12)13;1-7-3-5-8(2)6-4-7;1-6-3(5)2-4;1-3(4)5-2;;/h1-8H3;3-6H,7H2,1-2H3;3-6H,7H2,1-2H3;2-5,12-13H,6H2,1H3;3-6H,1-2H3;4H,2H2,1H3;1H2,2H3;1H3;/q;;;;;;2*-1;+2. The second kappa shape index (κ2) is 38.1. The van der Waals surface area contributed by atoms with Gasteiger partial charge >= 0.3 is 64.5 Å². The molecular formula is C56H83B3O18Zn. The number of ether oxygens (including phenoxy) is 6. The molecule has 0 unspecified atom stereocenters. The maximum Gasteiger partial charge on any atom is 2.00 e. The zero-order valence-electron chi connectivity index (χ0n) is 49.2. The number of hydrogen-bond donors (Lipinski definition) is 3. The van der Waals surface area contributed by atoms with Gasteiger partial charge in [0.2, 0.25) is 0 Å². The molecule has 3 N–H and O–H groups in total. The van der Waals surface area contributed by atoms with Crippen LogP contribution in [0.2, 0.25) is 0 Å². The number of esters is 5. The summed E-state index contributed by atoms with van der Waals surface area (Å²) in [5.41, 5.74) is 5.75. The smallest absolute Gasteiger partial charge is 0.492 e. The average Bonchev–Trinajstić information content (AvgIpc) is 3.75. The molecule has 78 heavy (non-hydrogen) atoms. The Balaban J connectivity index is -0.000000867. The van der Waals surface area contributed by atoms with Crippen molar-refractivity contribution in [2.75, 3.05) is 48.8 Å². The number of carbonyl (C=O) groups is 5. The first-order valence-corrected chi connectivity index (χ1v) is 24.0. The summed E-state index contributed by atoms with van der Waals surface area (Å²) >= 11 is 0. The first-order valence-electron chi connectivity index (χ1n) is 24.0. The van der Waals surface area contributed by atoms with Crippen molar-refractivity contribution in [3.05, 3.63) is 145 Å². The molecule has 22 heteroatoms. The second-order valence-corrected chi connectivity index (χ2v) is 19.0.